The van der Waals surface area contributed by atoms with Gasteiger partial charge < -0.3 is 15.4 Å². The van der Waals surface area contributed by atoms with E-state index in [1.165, 1.54) is 5.56 Å². The Balaban J connectivity index is 1.56. The van der Waals surface area contributed by atoms with E-state index in [1.807, 2.05) is 30.3 Å². The van der Waals surface area contributed by atoms with Crippen LogP contribution in [0.25, 0.3) is 0 Å². The summed E-state index contributed by atoms with van der Waals surface area (Å²) in [7, 11) is 0. The number of aryl methyl sites for hydroxylation is 1. The number of amides is 1. The molecule has 5 nitrogen and oxygen atoms in total. The summed E-state index contributed by atoms with van der Waals surface area (Å²) >= 11 is 16.9. The van der Waals surface area contributed by atoms with E-state index in [1.54, 1.807) is 18.2 Å². The van der Waals surface area contributed by atoms with Crippen molar-refractivity contribution in [2.24, 2.45) is 0 Å². The van der Waals surface area contributed by atoms with Crippen molar-refractivity contribution in [3.8, 4) is 0 Å². The van der Waals surface area contributed by atoms with Crippen molar-refractivity contribution in [3.05, 3.63) is 64.1 Å². The fraction of sp³-hybridized carbons (Fsp3) is 0.286. The largest absolute Gasteiger partial charge is 0.466 e. The highest BCUT2D eigenvalue weighted by molar-refractivity contribution is 7.80. The number of esters is 1. The lowest BCUT2D eigenvalue weighted by Crippen LogP contribution is -2.34. The van der Waals surface area contributed by atoms with Gasteiger partial charge in [-0.3, -0.25) is 9.59 Å². The Labute approximate surface area is 185 Å². The Hall–Kier alpha value is -2.15. The van der Waals surface area contributed by atoms with E-state index in [4.69, 9.17) is 40.2 Å². The zero-order valence-electron chi connectivity index (χ0n) is 15.8. The lowest BCUT2D eigenvalue weighted by Gasteiger charge is -2.10. The van der Waals surface area contributed by atoms with E-state index in [0.717, 1.165) is 12.8 Å². The Morgan fingerprint density at radius 2 is 1.72 bits per heavy atom. The van der Waals surface area contributed by atoms with Crippen LogP contribution in [0.5, 0.6) is 0 Å². The van der Waals surface area contributed by atoms with Gasteiger partial charge in [0.1, 0.15) is 0 Å². The molecule has 8 heteroatoms. The Bertz CT molecular complexity index is 847. The number of nitrogens with one attached hydrogen (secondary N) is 2. The third kappa shape index (κ3) is 9.26. The highest BCUT2D eigenvalue weighted by Gasteiger charge is 2.09. The second-order valence-corrected chi connectivity index (χ2v) is 7.52. The summed E-state index contributed by atoms with van der Waals surface area (Å²) in [6.07, 6.45) is 2.37. The lowest BCUT2D eigenvalue weighted by atomic mass is 10.1. The monoisotopic (exact) mass is 452 g/mol. The maximum atomic E-state index is 11.9. The quantitative estimate of drug-likeness (QED) is 0.312. The van der Waals surface area contributed by atoms with Crippen molar-refractivity contribution >= 4 is 58.1 Å². The number of halogens is 2. The first-order valence-electron chi connectivity index (χ1n) is 9.19. The number of benzene rings is 2. The smallest absolute Gasteiger partial charge is 0.305 e. The van der Waals surface area contributed by atoms with Gasteiger partial charge in [-0.1, -0.05) is 53.5 Å². The zero-order chi connectivity index (χ0) is 21.1. The van der Waals surface area contributed by atoms with Crippen molar-refractivity contribution < 1.29 is 14.3 Å². The van der Waals surface area contributed by atoms with E-state index in [9.17, 15) is 9.59 Å². The standard InChI is InChI=1S/C21H22Cl2N2O3S/c22-17-12-11-16(14-18(17)23)24-21(29)25-19(26)9-4-10-20(27)28-13-5-8-15-6-2-1-3-7-15/h1-3,6-7,11-12,14H,4-5,8-10,13H2,(H2,24,25,26,29). The number of ether oxygens (including phenoxy) is 1. The average molecular weight is 453 g/mol. The third-order valence-electron chi connectivity index (χ3n) is 3.93. The Morgan fingerprint density at radius 3 is 2.45 bits per heavy atom. The molecule has 1 amide bonds. The van der Waals surface area contributed by atoms with Crippen LogP contribution in [0, 0.1) is 0 Å². The van der Waals surface area contributed by atoms with Crippen LogP contribution < -0.4 is 10.6 Å². The molecule has 0 aromatic heterocycles. The predicted octanol–water partition coefficient (Wildman–Crippen LogP) is 5.15. The molecule has 0 fully saturated rings. The summed E-state index contributed by atoms with van der Waals surface area (Å²) in [6.45, 7) is 0.373. The minimum absolute atomic E-state index is 0.150. The summed E-state index contributed by atoms with van der Waals surface area (Å²) in [5.41, 5.74) is 1.83. The summed E-state index contributed by atoms with van der Waals surface area (Å²) in [5.74, 6) is -0.582. The molecule has 2 rings (SSSR count). The molecule has 0 saturated heterocycles. The molecule has 0 saturated carbocycles. The number of thiocarbonyl (C=S) groups is 1. The van der Waals surface area contributed by atoms with Crippen molar-refractivity contribution in [1.82, 2.24) is 5.32 Å². The molecule has 29 heavy (non-hydrogen) atoms. The first kappa shape index (κ1) is 23.1. The number of anilines is 1. The van der Waals surface area contributed by atoms with Crippen molar-refractivity contribution in [1.29, 1.82) is 0 Å². The van der Waals surface area contributed by atoms with E-state index in [0.29, 0.717) is 28.8 Å². The van der Waals surface area contributed by atoms with Gasteiger partial charge in [-0.05, 0) is 55.2 Å². The fourth-order valence-electron chi connectivity index (χ4n) is 2.50. The second kappa shape index (κ2) is 12.4. The van der Waals surface area contributed by atoms with E-state index in [-0.39, 0.29) is 29.8 Å². The SMILES string of the molecule is O=C(CCCC(=O)OCCCc1ccccc1)NC(=S)Nc1ccc(Cl)c(Cl)c1. The predicted molar refractivity (Wildman–Crippen MR) is 120 cm³/mol. The van der Waals surface area contributed by atoms with E-state index < -0.39 is 0 Å². The number of hydrogen-bond acceptors (Lipinski definition) is 4. The van der Waals surface area contributed by atoms with E-state index >= 15 is 0 Å². The van der Waals surface area contributed by atoms with Gasteiger partial charge in [-0.25, -0.2) is 0 Å². The molecule has 0 radical (unpaired) electrons. The molecular formula is C21H22Cl2N2O3S. The molecule has 0 aliphatic rings. The van der Waals surface area contributed by atoms with Gasteiger partial charge in [0.05, 0.1) is 16.7 Å². The fourth-order valence-corrected chi connectivity index (χ4v) is 3.03. The van der Waals surface area contributed by atoms with Crippen LogP contribution in [-0.2, 0) is 20.7 Å². The van der Waals surface area contributed by atoms with Crippen LogP contribution >= 0.6 is 35.4 Å². The summed E-state index contributed by atoms with van der Waals surface area (Å²) in [5, 5.41) is 6.37. The molecule has 2 N–H and O–H groups in total. The minimum atomic E-state index is -0.303. The molecule has 0 atom stereocenters. The molecule has 0 unspecified atom stereocenters. The maximum Gasteiger partial charge on any atom is 0.305 e. The maximum absolute atomic E-state index is 11.9. The lowest BCUT2D eigenvalue weighted by molar-refractivity contribution is -0.143. The first-order valence-corrected chi connectivity index (χ1v) is 10.4. The number of carbonyl (C=O) groups excluding carboxylic acids is 2. The van der Waals surface area contributed by atoms with Crippen LogP contribution in [0.3, 0.4) is 0 Å². The Morgan fingerprint density at radius 1 is 0.966 bits per heavy atom. The van der Waals surface area contributed by atoms with Gasteiger partial charge in [0.25, 0.3) is 0 Å². The highest BCUT2D eigenvalue weighted by atomic mass is 35.5. The van der Waals surface area contributed by atoms with Gasteiger partial charge in [-0.15, -0.1) is 0 Å². The molecule has 0 bridgehead atoms. The molecule has 0 aliphatic heterocycles. The van der Waals surface area contributed by atoms with Gasteiger partial charge >= 0.3 is 5.97 Å². The highest BCUT2D eigenvalue weighted by Crippen LogP contribution is 2.24. The van der Waals surface area contributed by atoms with Crippen LogP contribution in [0.4, 0.5) is 5.69 Å². The topological polar surface area (TPSA) is 67.4 Å². The Kier molecular flexibility index (Phi) is 9.91. The zero-order valence-corrected chi connectivity index (χ0v) is 18.1. The van der Waals surface area contributed by atoms with Crippen molar-refractivity contribution in [3.63, 3.8) is 0 Å². The summed E-state index contributed by atoms with van der Waals surface area (Å²) in [4.78, 5) is 23.7. The van der Waals surface area contributed by atoms with Gasteiger partial charge in [0.2, 0.25) is 5.91 Å². The van der Waals surface area contributed by atoms with Gasteiger partial charge in [0, 0.05) is 18.5 Å². The van der Waals surface area contributed by atoms with Crippen LogP contribution in [0.1, 0.15) is 31.2 Å². The van der Waals surface area contributed by atoms with Crippen molar-refractivity contribution in [2.45, 2.75) is 32.1 Å². The normalized spacial score (nSPS) is 10.3. The minimum Gasteiger partial charge on any atom is -0.466 e. The van der Waals surface area contributed by atoms with Gasteiger partial charge in [-0.2, -0.15) is 0 Å². The summed E-state index contributed by atoms with van der Waals surface area (Å²) < 4.78 is 5.19. The molecule has 0 heterocycles. The number of hydrogen-bond donors (Lipinski definition) is 2. The number of carbonyl (C=O) groups is 2. The number of rotatable bonds is 9. The van der Waals surface area contributed by atoms with Crippen molar-refractivity contribution in [2.75, 3.05) is 11.9 Å². The second-order valence-electron chi connectivity index (χ2n) is 6.29. The van der Waals surface area contributed by atoms with Gasteiger partial charge in [0.15, 0.2) is 5.11 Å². The van der Waals surface area contributed by atoms with Crippen LogP contribution in [0.2, 0.25) is 10.0 Å². The summed E-state index contributed by atoms with van der Waals surface area (Å²) in [6, 6.07) is 15.0. The molecule has 2 aromatic carbocycles. The third-order valence-corrected chi connectivity index (χ3v) is 4.87. The average Bonchev–Trinajstić information content (AvgIpc) is 2.69. The van der Waals surface area contributed by atoms with E-state index in [2.05, 4.69) is 10.6 Å². The molecule has 154 valence electrons. The first-order chi connectivity index (χ1) is 13.9. The molecule has 0 spiro atoms. The van der Waals surface area contributed by atoms with Crippen LogP contribution in [0.15, 0.2) is 48.5 Å². The van der Waals surface area contributed by atoms with Crippen LogP contribution in [-0.4, -0.2) is 23.6 Å². The molecule has 0 aliphatic carbocycles. The molecular weight excluding hydrogens is 431 g/mol. The molecule has 2 aromatic rings.